The highest BCUT2D eigenvalue weighted by molar-refractivity contribution is 9.09. The minimum absolute atomic E-state index is 0.336. The van der Waals surface area contributed by atoms with E-state index in [0.29, 0.717) is 12.0 Å². The van der Waals surface area contributed by atoms with E-state index in [4.69, 9.17) is 9.47 Å². The molecule has 1 rings (SSSR count). The zero-order valence-electron chi connectivity index (χ0n) is 6.18. The second-order valence-electron chi connectivity index (χ2n) is 2.55. The van der Waals surface area contributed by atoms with Gasteiger partial charge in [0, 0.05) is 25.0 Å². The van der Waals surface area contributed by atoms with Gasteiger partial charge in [-0.05, 0) is 6.42 Å². The van der Waals surface area contributed by atoms with Crippen LogP contribution in [0.4, 0.5) is 0 Å². The van der Waals surface area contributed by atoms with Crippen molar-refractivity contribution in [3.63, 3.8) is 0 Å². The Bertz CT molecular complexity index is 87.6. The number of hydrogen-bond donors (Lipinski definition) is 0. The van der Waals surface area contributed by atoms with Crippen LogP contribution in [0.15, 0.2) is 0 Å². The molecule has 0 saturated carbocycles. The summed E-state index contributed by atoms with van der Waals surface area (Å²) in [4.78, 5) is 0. The summed E-state index contributed by atoms with van der Waals surface area (Å²) in [7, 11) is 1.75. The summed E-state index contributed by atoms with van der Waals surface area (Å²) < 4.78 is 10.5. The summed E-state index contributed by atoms with van der Waals surface area (Å²) in [5, 5.41) is 0.914. The summed E-state index contributed by atoms with van der Waals surface area (Å²) in [5.41, 5.74) is 0. The molecule has 0 N–H and O–H groups in total. The molecule has 10 heavy (non-hydrogen) atoms. The summed E-state index contributed by atoms with van der Waals surface area (Å²) in [6.45, 7) is 1.77. The first-order valence-electron chi connectivity index (χ1n) is 3.55. The minimum atomic E-state index is 0.336. The lowest BCUT2D eigenvalue weighted by molar-refractivity contribution is 0.0631. The van der Waals surface area contributed by atoms with Crippen LogP contribution < -0.4 is 0 Å². The van der Waals surface area contributed by atoms with Crippen LogP contribution in [0, 0.1) is 5.92 Å². The molecule has 1 saturated heterocycles. The maximum Gasteiger partial charge on any atom is 0.0719 e. The Morgan fingerprint density at radius 3 is 3.00 bits per heavy atom. The van der Waals surface area contributed by atoms with Gasteiger partial charge in [0.2, 0.25) is 0 Å². The molecule has 0 spiro atoms. The molecule has 0 aliphatic carbocycles. The average molecular weight is 209 g/mol. The molecule has 0 radical (unpaired) electrons. The standard InChI is InChI=1S/C7H13BrO2/c1-9-7(4-8)6-2-3-10-5-6/h6-7H,2-5H2,1H3/t6-,7+/m0/s1. The molecule has 2 atom stereocenters. The Morgan fingerprint density at radius 2 is 2.60 bits per heavy atom. The highest BCUT2D eigenvalue weighted by Gasteiger charge is 2.24. The fourth-order valence-corrected chi connectivity index (χ4v) is 2.02. The lowest BCUT2D eigenvalue weighted by Crippen LogP contribution is -2.24. The first-order chi connectivity index (χ1) is 4.88. The van der Waals surface area contributed by atoms with E-state index in [2.05, 4.69) is 15.9 Å². The quantitative estimate of drug-likeness (QED) is 0.654. The Balaban J connectivity index is 2.29. The van der Waals surface area contributed by atoms with Crippen LogP contribution in [0.2, 0.25) is 0 Å². The van der Waals surface area contributed by atoms with E-state index in [0.717, 1.165) is 25.0 Å². The van der Waals surface area contributed by atoms with Gasteiger partial charge in [0.25, 0.3) is 0 Å². The summed E-state index contributed by atoms with van der Waals surface area (Å²) in [6, 6.07) is 0. The lowest BCUT2D eigenvalue weighted by Gasteiger charge is -2.17. The third kappa shape index (κ3) is 1.94. The summed E-state index contributed by atoms with van der Waals surface area (Å²) in [6.07, 6.45) is 1.48. The van der Waals surface area contributed by atoms with Crippen molar-refractivity contribution in [2.45, 2.75) is 12.5 Å². The molecule has 1 fully saturated rings. The van der Waals surface area contributed by atoms with Gasteiger partial charge in [-0.25, -0.2) is 0 Å². The van der Waals surface area contributed by atoms with Gasteiger partial charge < -0.3 is 9.47 Å². The van der Waals surface area contributed by atoms with E-state index < -0.39 is 0 Å². The molecule has 0 amide bonds. The third-order valence-electron chi connectivity index (χ3n) is 1.95. The molecule has 0 bridgehead atoms. The van der Waals surface area contributed by atoms with Crippen molar-refractivity contribution in [3.05, 3.63) is 0 Å². The fraction of sp³-hybridized carbons (Fsp3) is 1.00. The Hall–Kier alpha value is 0.400. The van der Waals surface area contributed by atoms with Crippen LogP contribution in [-0.2, 0) is 9.47 Å². The maximum absolute atomic E-state index is 5.26. The van der Waals surface area contributed by atoms with Crippen LogP contribution in [0.25, 0.3) is 0 Å². The molecule has 0 aromatic rings. The molecule has 1 aliphatic heterocycles. The highest BCUT2D eigenvalue weighted by atomic mass is 79.9. The van der Waals surface area contributed by atoms with E-state index >= 15 is 0 Å². The van der Waals surface area contributed by atoms with Crippen molar-refractivity contribution in [2.24, 2.45) is 5.92 Å². The van der Waals surface area contributed by atoms with Gasteiger partial charge in [-0.3, -0.25) is 0 Å². The molecule has 2 nitrogen and oxygen atoms in total. The molecule has 3 heteroatoms. The average Bonchev–Trinajstić information content (AvgIpc) is 2.43. The number of rotatable bonds is 3. The molecule has 0 aromatic heterocycles. The molecular weight excluding hydrogens is 196 g/mol. The highest BCUT2D eigenvalue weighted by Crippen LogP contribution is 2.19. The van der Waals surface area contributed by atoms with Crippen LogP contribution in [-0.4, -0.2) is 31.8 Å². The number of methoxy groups -OCH3 is 1. The SMILES string of the molecule is CO[C@H](CBr)[C@H]1CCOC1. The van der Waals surface area contributed by atoms with Crippen LogP contribution in [0.5, 0.6) is 0 Å². The molecule has 60 valence electrons. The predicted octanol–water partition coefficient (Wildman–Crippen LogP) is 1.43. The number of halogens is 1. The van der Waals surface area contributed by atoms with Gasteiger partial charge >= 0.3 is 0 Å². The smallest absolute Gasteiger partial charge is 0.0719 e. The second kappa shape index (κ2) is 4.31. The van der Waals surface area contributed by atoms with Gasteiger partial charge in [0.1, 0.15) is 0 Å². The van der Waals surface area contributed by atoms with E-state index in [9.17, 15) is 0 Å². The van der Waals surface area contributed by atoms with Crippen molar-refractivity contribution in [1.82, 2.24) is 0 Å². The Morgan fingerprint density at radius 1 is 1.80 bits per heavy atom. The van der Waals surface area contributed by atoms with Crippen LogP contribution in [0.1, 0.15) is 6.42 Å². The zero-order valence-corrected chi connectivity index (χ0v) is 7.76. The van der Waals surface area contributed by atoms with Gasteiger partial charge in [0.15, 0.2) is 0 Å². The van der Waals surface area contributed by atoms with E-state index in [1.165, 1.54) is 0 Å². The van der Waals surface area contributed by atoms with Crippen LogP contribution >= 0.6 is 15.9 Å². The monoisotopic (exact) mass is 208 g/mol. The van der Waals surface area contributed by atoms with E-state index in [1.54, 1.807) is 7.11 Å². The van der Waals surface area contributed by atoms with Crippen LogP contribution in [0.3, 0.4) is 0 Å². The van der Waals surface area contributed by atoms with Gasteiger partial charge in [-0.2, -0.15) is 0 Å². The largest absolute Gasteiger partial charge is 0.381 e. The number of hydrogen-bond acceptors (Lipinski definition) is 2. The first-order valence-corrected chi connectivity index (χ1v) is 4.67. The van der Waals surface area contributed by atoms with Gasteiger partial charge in [0.05, 0.1) is 12.7 Å². The molecule has 1 heterocycles. The zero-order chi connectivity index (χ0) is 7.40. The topological polar surface area (TPSA) is 18.5 Å². The molecular formula is C7H13BrO2. The first kappa shape index (κ1) is 8.50. The van der Waals surface area contributed by atoms with Crippen molar-refractivity contribution < 1.29 is 9.47 Å². The Labute approximate surface area is 70.0 Å². The Kier molecular flexibility index (Phi) is 3.66. The summed E-state index contributed by atoms with van der Waals surface area (Å²) in [5.74, 6) is 0.601. The summed E-state index contributed by atoms with van der Waals surface area (Å²) >= 11 is 3.41. The van der Waals surface area contributed by atoms with Crippen molar-refractivity contribution >= 4 is 15.9 Å². The normalized spacial score (nSPS) is 28.8. The van der Waals surface area contributed by atoms with Crippen molar-refractivity contribution in [1.29, 1.82) is 0 Å². The van der Waals surface area contributed by atoms with E-state index in [-0.39, 0.29) is 0 Å². The van der Waals surface area contributed by atoms with Gasteiger partial charge in [-0.15, -0.1) is 0 Å². The number of ether oxygens (including phenoxy) is 2. The lowest BCUT2D eigenvalue weighted by atomic mass is 10.0. The third-order valence-corrected chi connectivity index (χ3v) is 2.58. The second-order valence-corrected chi connectivity index (χ2v) is 3.20. The predicted molar refractivity (Wildman–Crippen MR) is 43.5 cm³/mol. The number of alkyl halides is 1. The molecule has 0 unspecified atom stereocenters. The van der Waals surface area contributed by atoms with Crippen molar-refractivity contribution in [2.75, 3.05) is 25.7 Å². The minimum Gasteiger partial charge on any atom is -0.381 e. The van der Waals surface area contributed by atoms with E-state index in [1.807, 2.05) is 0 Å². The fourth-order valence-electron chi connectivity index (χ4n) is 1.23. The van der Waals surface area contributed by atoms with Gasteiger partial charge in [-0.1, -0.05) is 15.9 Å². The molecule has 0 aromatic carbocycles. The molecule has 1 aliphatic rings. The maximum atomic E-state index is 5.26. The van der Waals surface area contributed by atoms with Crippen molar-refractivity contribution in [3.8, 4) is 0 Å².